The zero-order chi connectivity index (χ0) is 15.2. The number of nitrogens with zero attached hydrogens (tertiary/aromatic N) is 1. The third kappa shape index (κ3) is 7.08. The number of hydrogen-bond acceptors (Lipinski definition) is 3. The predicted octanol–water partition coefficient (Wildman–Crippen LogP) is 2.59. The van der Waals surface area contributed by atoms with Crippen molar-refractivity contribution in [1.82, 2.24) is 10.2 Å². The third-order valence-corrected chi connectivity index (χ3v) is 4.20. The molecule has 1 aromatic carbocycles. The van der Waals surface area contributed by atoms with Crippen LogP contribution in [0, 0.1) is 5.92 Å². The fourth-order valence-corrected chi connectivity index (χ4v) is 2.68. The van der Waals surface area contributed by atoms with Gasteiger partial charge in [-0.3, -0.25) is 9.69 Å². The van der Waals surface area contributed by atoms with E-state index in [0.29, 0.717) is 0 Å². The van der Waals surface area contributed by atoms with Crippen LogP contribution in [-0.2, 0) is 11.3 Å². The quantitative estimate of drug-likeness (QED) is 0.847. The molecule has 0 saturated carbocycles. The normalized spacial score (nSPS) is 17.0. The second kappa shape index (κ2) is 10.9. The molecule has 1 aliphatic rings. The molecule has 132 valence electrons. The number of halogens is 2. The van der Waals surface area contributed by atoms with Crippen LogP contribution in [0.15, 0.2) is 30.3 Å². The summed E-state index contributed by atoms with van der Waals surface area (Å²) in [4.78, 5) is 14.4. The van der Waals surface area contributed by atoms with E-state index in [9.17, 15) is 4.79 Å². The number of likely N-dealkylation sites (tertiary alicyclic amines) is 1. The second-order valence-corrected chi connectivity index (χ2v) is 6.31. The summed E-state index contributed by atoms with van der Waals surface area (Å²) < 4.78 is 0. The Kier molecular flexibility index (Phi) is 10.5. The number of rotatable bonds is 5. The summed E-state index contributed by atoms with van der Waals surface area (Å²) in [5.41, 5.74) is 7.23. The van der Waals surface area contributed by atoms with Crippen LogP contribution in [0.25, 0.3) is 0 Å². The fraction of sp³-hybridized carbons (Fsp3) is 0.588. The van der Waals surface area contributed by atoms with E-state index in [2.05, 4.69) is 34.5 Å². The van der Waals surface area contributed by atoms with E-state index in [1.54, 1.807) is 0 Å². The van der Waals surface area contributed by atoms with Crippen LogP contribution in [0.4, 0.5) is 0 Å². The molecule has 1 heterocycles. The van der Waals surface area contributed by atoms with Crippen molar-refractivity contribution in [2.45, 2.75) is 45.3 Å². The van der Waals surface area contributed by atoms with Gasteiger partial charge in [0, 0.05) is 25.7 Å². The summed E-state index contributed by atoms with van der Waals surface area (Å²) in [6.07, 6.45) is 2.01. The zero-order valence-corrected chi connectivity index (χ0v) is 15.5. The Bertz CT molecular complexity index is 448. The average molecular weight is 362 g/mol. The SMILES string of the molecule is CC(C)[C@@H](N)C(=O)NC1CCN(Cc2ccccc2)CC1.Cl.Cl. The molecular formula is C17H29Cl2N3O. The number of nitrogens with two attached hydrogens (primary N) is 1. The lowest BCUT2D eigenvalue weighted by Crippen LogP contribution is -2.51. The van der Waals surface area contributed by atoms with Gasteiger partial charge in [0.15, 0.2) is 0 Å². The van der Waals surface area contributed by atoms with Gasteiger partial charge in [-0.25, -0.2) is 0 Å². The molecule has 1 fully saturated rings. The maximum absolute atomic E-state index is 12.0. The number of hydrogen-bond donors (Lipinski definition) is 2. The minimum atomic E-state index is -0.396. The van der Waals surface area contributed by atoms with Crippen molar-refractivity contribution in [3.05, 3.63) is 35.9 Å². The Morgan fingerprint density at radius 1 is 1.22 bits per heavy atom. The Hall–Kier alpha value is -0.810. The molecule has 1 aliphatic heterocycles. The van der Waals surface area contributed by atoms with Crippen LogP contribution in [0.5, 0.6) is 0 Å². The Morgan fingerprint density at radius 3 is 2.30 bits per heavy atom. The van der Waals surface area contributed by atoms with Crippen molar-refractivity contribution in [3.8, 4) is 0 Å². The largest absolute Gasteiger partial charge is 0.352 e. The molecule has 4 nitrogen and oxygen atoms in total. The van der Waals surface area contributed by atoms with Gasteiger partial charge in [-0.05, 0) is 24.3 Å². The Labute approximate surface area is 152 Å². The Morgan fingerprint density at radius 2 is 1.78 bits per heavy atom. The highest BCUT2D eigenvalue weighted by molar-refractivity contribution is 5.85. The van der Waals surface area contributed by atoms with Crippen molar-refractivity contribution < 1.29 is 4.79 Å². The first-order valence-corrected chi connectivity index (χ1v) is 7.88. The molecule has 6 heteroatoms. The van der Waals surface area contributed by atoms with E-state index in [-0.39, 0.29) is 42.7 Å². The van der Waals surface area contributed by atoms with E-state index in [4.69, 9.17) is 5.73 Å². The predicted molar refractivity (Wildman–Crippen MR) is 100 cm³/mol. The van der Waals surface area contributed by atoms with E-state index in [0.717, 1.165) is 32.5 Å². The van der Waals surface area contributed by atoms with Gasteiger partial charge in [0.2, 0.25) is 5.91 Å². The maximum atomic E-state index is 12.0. The van der Waals surface area contributed by atoms with E-state index in [1.165, 1.54) is 5.56 Å². The molecule has 1 aromatic rings. The van der Waals surface area contributed by atoms with Crippen molar-refractivity contribution in [1.29, 1.82) is 0 Å². The van der Waals surface area contributed by atoms with Gasteiger partial charge in [-0.1, -0.05) is 44.2 Å². The lowest BCUT2D eigenvalue weighted by Gasteiger charge is -2.33. The van der Waals surface area contributed by atoms with Gasteiger partial charge in [-0.15, -0.1) is 24.8 Å². The molecule has 0 aromatic heterocycles. The highest BCUT2D eigenvalue weighted by atomic mass is 35.5. The first kappa shape index (κ1) is 22.2. The second-order valence-electron chi connectivity index (χ2n) is 6.31. The van der Waals surface area contributed by atoms with Crippen LogP contribution in [0.3, 0.4) is 0 Å². The zero-order valence-electron chi connectivity index (χ0n) is 13.9. The molecule has 23 heavy (non-hydrogen) atoms. The number of piperidine rings is 1. The maximum Gasteiger partial charge on any atom is 0.237 e. The number of carbonyl (C=O) groups is 1. The molecule has 0 radical (unpaired) electrons. The number of carbonyl (C=O) groups excluding carboxylic acids is 1. The summed E-state index contributed by atoms with van der Waals surface area (Å²) in [5.74, 6) is 0.176. The number of benzene rings is 1. The van der Waals surface area contributed by atoms with E-state index >= 15 is 0 Å². The van der Waals surface area contributed by atoms with Gasteiger partial charge in [-0.2, -0.15) is 0 Å². The molecule has 0 bridgehead atoms. The van der Waals surface area contributed by atoms with Crippen LogP contribution < -0.4 is 11.1 Å². The standard InChI is InChI=1S/C17H27N3O.2ClH/c1-13(2)16(18)17(21)19-15-8-10-20(11-9-15)12-14-6-4-3-5-7-14;;/h3-7,13,15-16H,8-12,18H2,1-2H3,(H,19,21);2*1H/t16-;;/m1../s1. The first-order chi connectivity index (χ1) is 10.1. The number of nitrogens with one attached hydrogen (secondary N) is 1. The molecule has 1 amide bonds. The summed E-state index contributed by atoms with van der Waals surface area (Å²) >= 11 is 0. The van der Waals surface area contributed by atoms with Crippen molar-refractivity contribution in [2.75, 3.05) is 13.1 Å². The first-order valence-electron chi connectivity index (χ1n) is 7.88. The Balaban J connectivity index is 0.00000242. The molecule has 2 rings (SSSR count). The number of amides is 1. The molecule has 0 unspecified atom stereocenters. The lowest BCUT2D eigenvalue weighted by atomic mass is 10.0. The van der Waals surface area contributed by atoms with Crippen LogP contribution in [-0.4, -0.2) is 36.0 Å². The summed E-state index contributed by atoms with van der Waals surface area (Å²) in [6, 6.07) is 10.4. The van der Waals surface area contributed by atoms with Crippen molar-refractivity contribution in [3.63, 3.8) is 0 Å². The van der Waals surface area contributed by atoms with Gasteiger partial charge in [0.1, 0.15) is 0 Å². The highest BCUT2D eigenvalue weighted by Crippen LogP contribution is 2.14. The van der Waals surface area contributed by atoms with Crippen molar-refractivity contribution >= 4 is 30.7 Å². The van der Waals surface area contributed by atoms with E-state index < -0.39 is 6.04 Å². The summed E-state index contributed by atoms with van der Waals surface area (Å²) in [7, 11) is 0. The molecular weight excluding hydrogens is 333 g/mol. The summed E-state index contributed by atoms with van der Waals surface area (Å²) in [5, 5.41) is 3.09. The molecule has 3 N–H and O–H groups in total. The molecule has 0 aliphatic carbocycles. The molecule has 1 atom stereocenters. The van der Waals surface area contributed by atoms with Crippen LogP contribution in [0.1, 0.15) is 32.3 Å². The monoisotopic (exact) mass is 361 g/mol. The minimum Gasteiger partial charge on any atom is -0.352 e. The topological polar surface area (TPSA) is 58.4 Å². The molecule has 1 saturated heterocycles. The molecule has 0 spiro atoms. The van der Waals surface area contributed by atoms with Gasteiger partial charge < -0.3 is 11.1 Å². The lowest BCUT2D eigenvalue weighted by molar-refractivity contribution is -0.124. The average Bonchev–Trinajstić information content (AvgIpc) is 2.49. The highest BCUT2D eigenvalue weighted by Gasteiger charge is 2.24. The van der Waals surface area contributed by atoms with Gasteiger partial charge >= 0.3 is 0 Å². The van der Waals surface area contributed by atoms with Gasteiger partial charge in [0.05, 0.1) is 6.04 Å². The van der Waals surface area contributed by atoms with E-state index in [1.807, 2.05) is 19.9 Å². The minimum absolute atomic E-state index is 0. The smallest absolute Gasteiger partial charge is 0.237 e. The van der Waals surface area contributed by atoms with Crippen LogP contribution in [0.2, 0.25) is 0 Å². The van der Waals surface area contributed by atoms with Crippen molar-refractivity contribution in [2.24, 2.45) is 11.7 Å². The third-order valence-electron chi connectivity index (χ3n) is 4.20. The van der Waals surface area contributed by atoms with Crippen LogP contribution >= 0.6 is 24.8 Å². The summed E-state index contributed by atoms with van der Waals surface area (Å²) in [6.45, 7) is 7.00. The van der Waals surface area contributed by atoms with Gasteiger partial charge in [0.25, 0.3) is 0 Å². The fourth-order valence-electron chi connectivity index (χ4n) is 2.68.